The van der Waals surface area contributed by atoms with Crippen molar-refractivity contribution in [3.63, 3.8) is 0 Å². The van der Waals surface area contributed by atoms with Gasteiger partial charge in [0.05, 0.1) is 12.2 Å². The average molecular weight is 250 g/mol. The SMILES string of the molecule is Cc1cc(C(=O)N(C)Cc2nccs2)n(C)n1. The van der Waals surface area contributed by atoms with E-state index in [1.165, 1.54) is 0 Å². The van der Waals surface area contributed by atoms with Crippen molar-refractivity contribution in [3.8, 4) is 0 Å². The Morgan fingerprint density at radius 1 is 1.59 bits per heavy atom. The molecule has 0 atom stereocenters. The second kappa shape index (κ2) is 4.67. The summed E-state index contributed by atoms with van der Waals surface area (Å²) in [7, 11) is 3.55. The third-order valence-electron chi connectivity index (χ3n) is 2.42. The van der Waals surface area contributed by atoms with E-state index in [2.05, 4.69) is 10.1 Å². The molecule has 0 radical (unpaired) electrons. The van der Waals surface area contributed by atoms with Gasteiger partial charge in [0.25, 0.3) is 5.91 Å². The van der Waals surface area contributed by atoms with Crippen LogP contribution in [0.2, 0.25) is 0 Å². The normalized spacial score (nSPS) is 10.5. The van der Waals surface area contributed by atoms with Crippen LogP contribution >= 0.6 is 11.3 Å². The molecule has 0 aliphatic carbocycles. The van der Waals surface area contributed by atoms with E-state index in [0.29, 0.717) is 12.2 Å². The summed E-state index contributed by atoms with van der Waals surface area (Å²) in [4.78, 5) is 18.0. The molecule has 0 saturated carbocycles. The van der Waals surface area contributed by atoms with Gasteiger partial charge in [-0.1, -0.05) is 0 Å². The standard InChI is InChI=1S/C11H14N4OS/c1-8-6-9(15(3)13-8)11(16)14(2)7-10-12-4-5-17-10/h4-6H,7H2,1-3H3. The Morgan fingerprint density at radius 2 is 2.35 bits per heavy atom. The minimum absolute atomic E-state index is 0.0386. The summed E-state index contributed by atoms with van der Waals surface area (Å²) in [5.74, 6) is -0.0386. The number of amides is 1. The van der Waals surface area contributed by atoms with E-state index in [9.17, 15) is 4.79 Å². The van der Waals surface area contributed by atoms with Crippen molar-refractivity contribution in [2.24, 2.45) is 7.05 Å². The predicted molar refractivity (Wildman–Crippen MR) is 65.9 cm³/mol. The molecule has 0 spiro atoms. The number of hydrogen-bond acceptors (Lipinski definition) is 4. The molecule has 5 nitrogen and oxygen atoms in total. The van der Waals surface area contributed by atoms with Gasteiger partial charge in [-0.05, 0) is 13.0 Å². The topological polar surface area (TPSA) is 51.0 Å². The van der Waals surface area contributed by atoms with E-state index in [0.717, 1.165) is 10.7 Å². The second-order valence-corrected chi connectivity index (χ2v) is 4.86. The van der Waals surface area contributed by atoms with Gasteiger partial charge >= 0.3 is 0 Å². The number of nitrogens with zero attached hydrogens (tertiary/aromatic N) is 4. The molecular formula is C11H14N4OS. The van der Waals surface area contributed by atoms with Crippen molar-refractivity contribution in [1.82, 2.24) is 19.7 Å². The summed E-state index contributed by atoms with van der Waals surface area (Å²) in [6.45, 7) is 2.40. The lowest BCUT2D eigenvalue weighted by atomic mass is 10.3. The van der Waals surface area contributed by atoms with Crippen LogP contribution < -0.4 is 0 Å². The molecule has 1 amide bonds. The minimum Gasteiger partial charge on any atom is -0.334 e. The number of carbonyl (C=O) groups excluding carboxylic acids is 1. The summed E-state index contributed by atoms with van der Waals surface area (Å²) < 4.78 is 1.61. The number of thiazole rings is 1. The Balaban J connectivity index is 2.12. The van der Waals surface area contributed by atoms with Crippen molar-refractivity contribution in [2.45, 2.75) is 13.5 Å². The van der Waals surface area contributed by atoms with Gasteiger partial charge in [0, 0.05) is 25.7 Å². The molecule has 0 saturated heterocycles. The van der Waals surface area contributed by atoms with Gasteiger partial charge in [-0.2, -0.15) is 5.10 Å². The van der Waals surface area contributed by atoms with Crippen LogP contribution in [-0.4, -0.2) is 32.6 Å². The molecule has 2 heterocycles. The van der Waals surface area contributed by atoms with Crippen molar-refractivity contribution < 1.29 is 4.79 Å². The molecule has 0 unspecified atom stereocenters. The highest BCUT2D eigenvalue weighted by molar-refractivity contribution is 7.09. The Kier molecular flexibility index (Phi) is 3.23. The number of hydrogen-bond donors (Lipinski definition) is 0. The van der Waals surface area contributed by atoms with E-state index >= 15 is 0 Å². The zero-order valence-electron chi connectivity index (χ0n) is 10.0. The monoisotopic (exact) mass is 250 g/mol. The van der Waals surface area contributed by atoms with Crippen LogP contribution in [-0.2, 0) is 13.6 Å². The lowest BCUT2D eigenvalue weighted by molar-refractivity contribution is 0.0774. The van der Waals surface area contributed by atoms with Crippen LogP contribution in [0, 0.1) is 6.92 Å². The molecule has 6 heteroatoms. The van der Waals surface area contributed by atoms with E-state index in [1.54, 1.807) is 47.3 Å². The number of carbonyl (C=O) groups is 1. The van der Waals surface area contributed by atoms with Gasteiger partial charge in [0.1, 0.15) is 10.7 Å². The smallest absolute Gasteiger partial charge is 0.272 e. The van der Waals surface area contributed by atoms with Gasteiger partial charge in [0.15, 0.2) is 0 Å². The predicted octanol–water partition coefficient (Wildman–Crippen LogP) is 1.46. The van der Waals surface area contributed by atoms with Crippen molar-refractivity contribution >= 4 is 17.2 Å². The maximum absolute atomic E-state index is 12.1. The molecule has 90 valence electrons. The minimum atomic E-state index is -0.0386. The Morgan fingerprint density at radius 3 is 2.88 bits per heavy atom. The van der Waals surface area contributed by atoms with Gasteiger partial charge in [-0.15, -0.1) is 11.3 Å². The second-order valence-electron chi connectivity index (χ2n) is 3.88. The summed E-state index contributed by atoms with van der Waals surface area (Å²) in [6.07, 6.45) is 1.74. The highest BCUT2D eigenvalue weighted by Crippen LogP contribution is 2.10. The van der Waals surface area contributed by atoms with Crippen LogP contribution in [0.3, 0.4) is 0 Å². The van der Waals surface area contributed by atoms with E-state index < -0.39 is 0 Å². The van der Waals surface area contributed by atoms with Crippen molar-refractivity contribution in [2.75, 3.05) is 7.05 Å². The van der Waals surface area contributed by atoms with Crippen molar-refractivity contribution in [3.05, 3.63) is 34.0 Å². The molecule has 17 heavy (non-hydrogen) atoms. The van der Waals surface area contributed by atoms with Crippen LogP contribution in [0.25, 0.3) is 0 Å². The molecule has 0 fully saturated rings. The van der Waals surface area contributed by atoms with Crippen molar-refractivity contribution in [1.29, 1.82) is 0 Å². The first-order valence-electron chi connectivity index (χ1n) is 5.22. The number of rotatable bonds is 3. The fraction of sp³-hybridized carbons (Fsp3) is 0.364. The lowest BCUT2D eigenvalue weighted by Gasteiger charge is -2.15. The zero-order valence-corrected chi connectivity index (χ0v) is 10.9. The highest BCUT2D eigenvalue weighted by Gasteiger charge is 2.17. The summed E-state index contributed by atoms with van der Waals surface area (Å²) >= 11 is 1.55. The first-order chi connectivity index (χ1) is 8.08. The van der Waals surface area contributed by atoms with Crippen LogP contribution in [0.4, 0.5) is 0 Å². The fourth-order valence-corrected chi connectivity index (χ4v) is 2.28. The third-order valence-corrected chi connectivity index (χ3v) is 3.19. The average Bonchev–Trinajstić information content (AvgIpc) is 2.87. The lowest BCUT2D eigenvalue weighted by Crippen LogP contribution is -2.27. The van der Waals surface area contributed by atoms with E-state index in [-0.39, 0.29) is 5.91 Å². The Labute approximate surface area is 104 Å². The van der Waals surface area contributed by atoms with Crippen LogP contribution in [0.1, 0.15) is 21.2 Å². The largest absolute Gasteiger partial charge is 0.334 e. The first kappa shape index (κ1) is 11.8. The Bertz CT molecular complexity index is 518. The van der Waals surface area contributed by atoms with Crippen LogP contribution in [0.15, 0.2) is 17.6 Å². The number of aryl methyl sites for hydroxylation is 2. The Hall–Kier alpha value is -1.69. The third kappa shape index (κ3) is 2.52. The van der Waals surface area contributed by atoms with E-state index in [4.69, 9.17) is 0 Å². The van der Waals surface area contributed by atoms with E-state index in [1.807, 2.05) is 12.3 Å². The molecule has 2 aromatic rings. The zero-order chi connectivity index (χ0) is 12.4. The maximum Gasteiger partial charge on any atom is 0.272 e. The molecule has 0 aromatic carbocycles. The quantitative estimate of drug-likeness (QED) is 0.828. The van der Waals surface area contributed by atoms with Crippen LogP contribution in [0.5, 0.6) is 0 Å². The van der Waals surface area contributed by atoms with Gasteiger partial charge in [-0.3, -0.25) is 9.48 Å². The summed E-state index contributed by atoms with van der Waals surface area (Å²) in [5.41, 5.74) is 1.44. The first-order valence-corrected chi connectivity index (χ1v) is 6.10. The van der Waals surface area contributed by atoms with Gasteiger partial charge in [-0.25, -0.2) is 4.98 Å². The summed E-state index contributed by atoms with van der Waals surface area (Å²) in [5, 5.41) is 7.00. The maximum atomic E-state index is 12.1. The van der Waals surface area contributed by atoms with Gasteiger partial charge in [0.2, 0.25) is 0 Å². The molecule has 0 N–H and O–H groups in total. The highest BCUT2D eigenvalue weighted by atomic mass is 32.1. The number of aromatic nitrogens is 3. The van der Waals surface area contributed by atoms with Gasteiger partial charge < -0.3 is 4.90 Å². The molecule has 0 aliphatic heterocycles. The fourth-order valence-electron chi connectivity index (χ4n) is 1.61. The summed E-state index contributed by atoms with van der Waals surface area (Å²) in [6, 6.07) is 1.79. The molecule has 2 aromatic heterocycles. The molecule has 2 rings (SSSR count). The molecular weight excluding hydrogens is 236 g/mol. The molecule has 0 bridgehead atoms. The molecule has 0 aliphatic rings.